The van der Waals surface area contributed by atoms with Crippen molar-refractivity contribution < 1.29 is 19.1 Å². The van der Waals surface area contributed by atoms with E-state index in [0.29, 0.717) is 55.0 Å². The van der Waals surface area contributed by atoms with E-state index in [9.17, 15) is 9.59 Å². The molecule has 146 valence electrons. The summed E-state index contributed by atoms with van der Waals surface area (Å²) in [5.74, 6) is 1.49. The number of carbonyl (C=O) groups is 2. The second-order valence-corrected chi connectivity index (χ2v) is 6.71. The van der Waals surface area contributed by atoms with Crippen LogP contribution in [0.4, 0.5) is 11.6 Å². The third kappa shape index (κ3) is 3.68. The molecule has 3 heterocycles. The largest absolute Gasteiger partial charge is 0.454 e. The number of anilines is 2. The Bertz CT molecular complexity index is 925. The van der Waals surface area contributed by atoms with Gasteiger partial charge in [0.25, 0.3) is 5.91 Å². The quantitative estimate of drug-likeness (QED) is 0.856. The minimum absolute atomic E-state index is 0.0635. The van der Waals surface area contributed by atoms with Gasteiger partial charge in [0.2, 0.25) is 18.6 Å². The van der Waals surface area contributed by atoms with E-state index >= 15 is 0 Å². The monoisotopic (exact) mass is 383 g/mol. The molecular formula is C19H21N5O4. The molecule has 2 aromatic rings. The van der Waals surface area contributed by atoms with Gasteiger partial charge in [-0.3, -0.25) is 9.59 Å². The van der Waals surface area contributed by atoms with Crippen LogP contribution in [0.5, 0.6) is 11.5 Å². The van der Waals surface area contributed by atoms with Crippen molar-refractivity contribution in [3.8, 4) is 11.5 Å². The van der Waals surface area contributed by atoms with Crippen LogP contribution in [0.3, 0.4) is 0 Å². The number of ether oxygens (including phenoxy) is 2. The lowest BCUT2D eigenvalue weighted by Crippen LogP contribution is -2.48. The van der Waals surface area contributed by atoms with Crippen molar-refractivity contribution in [2.45, 2.75) is 13.8 Å². The minimum Gasteiger partial charge on any atom is -0.454 e. The van der Waals surface area contributed by atoms with E-state index in [0.717, 1.165) is 0 Å². The summed E-state index contributed by atoms with van der Waals surface area (Å²) >= 11 is 0. The Morgan fingerprint density at radius 1 is 1.04 bits per heavy atom. The van der Waals surface area contributed by atoms with E-state index < -0.39 is 0 Å². The first-order valence-electron chi connectivity index (χ1n) is 9.07. The molecule has 9 nitrogen and oxygen atoms in total. The summed E-state index contributed by atoms with van der Waals surface area (Å²) in [6.07, 6.45) is 0. The van der Waals surface area contributed by atoms with Crippen LogP contribution in [0.15, 0.2) is 24.3 Å². The predicted molar refractivity (Wildman–Crippen MR) is 102 cm³/mol. The molecule has 1 saturated heterocycles. The average molecular weight is 383 g/mol. The van der Waals surface area contributed by atoms with E-state index in [1.54, 1.807) is 36.1 Å². The lowest BCUT2D eigenvalue weighted by atomic mass is 10.2. The van der Waals surface area contributed by atoms with E-state index in [1.807, 2.05) is 11.8 Å². The van der Waals surface area contributed by atoms with E-state index in [2.05, 4.69) is 15.3 Å². The number of rotatable bonds is 3. The maximum absolute atomic E-state index is 12.7. The summed E-state index contributed by atoms with van der Waals surface area (Å²) < 4.78 is 10.6. The highest BCUT2D eigenvalue weighted by Gasteiger charge is 2.22. The number of nitrogens with one attached hydrogen (secondary N) is 1. The molecule has 0 bridgehead atoms. The van der Waals surface area contributed by atoms with Crippen LogP contribution in [0.2, 0.25) is 0 Å². The fourth-order valence-electron chi connectivity index (χ4n) is 3.20. The Morgan fingerprint density at radius 2 is 1.79 bits per heavy atom. The van der Waals surface area contributed by atoms with E-state index in [-0.39, 0.29) is 24.3 Å². The van der Waals surface area contributed by atoms with Crippen molar-refractivity contribution in [3.63, 3.8) is 0 Å². The third-order valence-corrected chi connectivity index (χ3v) is 4.71. The van der Waals surface area contributed by atoms with Crippen molar-refractivity contribution in [2.24, 2.45) is 0 Å². The number of hydrogen-bond acceptors (Lipinski definition) is 7. The summed E-state index contributed by atoms with van der Waals surface area (Å²) in [7, 11) is 0. The molecule has 0 aliphatic carbocycles. The summed E-state index contributed by atoms with van der Waals surface area (Å²) in [6, 6.07) is 6.87. The molecule has 2 aliphatic heterocycles. The van der Waals surface area contributed by atoms with Crippen LogP contribution >= 0.6 is 0 Å². The van der Waals surface area contributed by atoms with Gasteiger partial charge < -0.3 is 24.6 Å². The Kier molecular flexibility index (Phi) is 4.72. The topological polar surface area (TPSA) is 96.9 Å². The van der Waals surface area contributed by atoms with Gasteiger partial charge >= 0.3 is 0 Å². The van der Waals surface area contributed by atoms with Gasteiger partial charge in [-0.1, -0.05) is 0 Å². The lowest BCUT2D eigenvalue weighted by molar-refractivity contribution is -0.129. The van der Waals surface area contributed by atoms with E-state index in [4.69, 9.17) is 9.47 Å². The molecule has 2 amide bonds. The van der Waals surface area contributed by atoms with Crippen LogP contribution < -0.4 is 19.7 Å². The molecule has 0 spiro atoms. The van der Waals surface area contributed by atoms with Crippen LogP contribution in [0, 0.1) is 6.92 Å². The van der Waals surface area contributed by atoms with Crippen LogP contribution in [0.25, 0.3) is 0 Å². The fraction of sp³-hybridized carbons (Fsp3) is 0.368. The number of aryl methyl sites for hydroxylation is 1. The molecule has 1 N–H and O–H groups in total. The number of amides is 2. The Morgan fingerprint density at radius 3 is 2.54 bits per heavy atom. The Labute approximate surface area is 162 Å². The number of nitrogens with zero attached hydrogens (tertiary/aromatic N) is 4. The molecule has 4 rings (SSSR count). The normalized spacial score (nSPS) is 15.5. The molecule has 0 atom stereocenters. The van der Waals surface area contributed by atoms with Gasteiger partial charge in [0.15, 0.2) is 11.5 Å². The van der Waals surface area contributed by atoms with Gasteiger partial charge in [-0.25, -0.2) is 9.97 Å². The molecule has 28 heavy (non-hydrogen) atoms. The highest BCUT2D eigenvalue weighted by Crippen LogP contribution is 2.34. The second-order valence-electron chi connectivity index (χ2n) is 6.71. The number of piperazine rings is 1. The highest BCUT2D eigenvalue weighted by molar-refractivity contribution is 6.03. The fourth-order valence-corrected chi connectivity index (χ4v) is 3.20. The summed E-state index contributed by atoms with van der Waals surface area (Å²) in [4.78, 5) is 36.9. The van der Waals surface area contributed by atoms with Crippen molar-refractivity contribution >= 4 is 23.5 Å². The minimum atomic E-state index is -0.326. The number of aromatic nitrogens is 2. The standard InChI is InChI=1S/C19H21N5O4/c1-12-9-15(18(26)21-14-3-4-16-17(10-14)28-11-27-16)22-19(20-12)24-7-5-23(6-8-24)13(2)25/h3-4,9-10H,5-8,11H2,1-2H3,(H,21,26). The Hall–Kier alpha value is -3.36. The summed E-state index contributed by atoms with van der Waals surface area (Å²) in [6.45, 7) is 6.07. The molecule has 1 aromatic carbocycles. The zero-order valence-corrected chi connectivity index (χ0v) is 15.8. The van der Waals surface area contributed by atoms with Gasteiger partial charge in [0.05, 0.1) is 0 Å². The van der Waals surface area contributed by atoms with Crippen LogP contribution in [-0.4, -0.2) is 59.7 Å². The van der Waals surface area contributed by atoms with E-state index in [1.165, 1.54) is 0 Å². The van der Waals surface area contributed by atoms with Crippen molar-refractivity contribution in [3.05, 3.63) is 35.7 Å². The maximum Gasteiger partial charge on any atom is 0.274 e. The van der Waals surface area contributed by atoms with Gasteiger partial charge in [-0.15, -0.1) is 0 Å². The number of fused-ring (bicyclic) bond motifs is 1. The molecule has 0 radical (unpaired) electrons. The molecule has 1 fully saturated rings. The average Bonchev–Trinajstić information content (AvgIpc) is 3.15. The molecular weight excluding hydrogens is 362 g/mol. The zero-order chi connectivity index (χ0) is 19.7. The van der Waals surface area contributed by atoms with Crippen molar-refractivity contribution in [1.82, 2.24) is 14.9 Å². The summed E-state index contributed by atoms with van der Waals surface area (Å²) in [5, 5.41) is 2.83. The second kappa shape index (κ2) is 7.34. The first-order chi connectivity index (χ1) is 13.5. The van der Waals surface area contributed by atoms with Crippen molar-refractivity contribution in [1.29, 1.82) is 0 Å². The first-order valence-corrected chi connectivity index (χ1v) is 9.07. The van der Waals surface area contributed by atoms with Gasteiger partial charge in [0, 0.05) is 50.6 Å². The number of hydrogen-bond donors (Lipinski definition) is 1. The molecule has 9 heteroatoms. The third-order valence-electron chi connectivity index (χ3n) is 4.71. The first kappa shape index (κ1) is 18.0. The van der Waals surface area contributed by atoms with Gasteiger partial charge in [-0.05, 0) is 25.1 Å². The molecule has 2 aliphatic rings. The van der Waals surface area contributed by atoms with Gasteiger partial charge in [0.1, 0.15) is 5.69 Å². The molecule has 1 aromatic heterocycles. The zero-order valence-electron chi connectivity index (χ0n) is 15.8. The SMILES string of the molecule is CC(=O)N1CCN(c2nc(C)cc(C(=O)Nc3ccc4c(c3)OCO4)n2)CC1. The number of benzene rings is 1. The Balaban J connectivity index is 1.49. The van der Waals surface area contributed by atoms with Crippen molar-refractivity contribution in [2.75, 3.05) is 43.2 Å². The molecule has 0 saturated carbocycles. The maximum atomic E-state index is 12.7. The molecule has 0 unspecified atom stereocenters. The predicted octanol–water partition coefficient (Wildman–Crippen LogP) is 1.43. The summed E-state index contributed by atoms with van der Waals surface area (Å²) in [5.41, 5.74) is 1.59. The van der Waals surface area contributed by atoms with Gasteiger partial charge in [-0.2, -0.15) is 0 Å². The van der Waals surface area contributed by atoms with Crippen LogP contribution in [0.1, 0.15) is 23.1 Å². The lowest BCUT2D eigenvalue weighted by Gasteiger charge is -2.34. The smallest absolute Gasteiger partial charge is 0.274 e. The number of carbonyl (C=O) groups excluding carboxylic acids is 2. The van der Waals surface area contributed by atoms with Crippen LogP contribution in [-0.2, 0) is 4.79 Å². The highest BCUT2D eigenvalue weighted by atomic mass is 16.7.